The van der Waals surface area contributed by atoms with E-state index in [1.807, 2.05) is 6.21 Å². The van der Waals surface area contributed by atoms with Gasteiger partial charge in [-0.3, -0.25) is 25.2 Å². The van der Waals surface area contributed by atoms with Gasteiger partial charge < -0.3 is 10.4 Å². The lowest BCUT2D eigenvalue weighted by molar-refractivity contribution is -0.138. The minimum Gasteiger partial charge on any atom is -0.480 e. The molecule has 1 amide bonds. The lowest BCUT2D eigenvalue weighted by Crippen LogP contribution is -2.48. The second-order valence-electron chi connectivity index (χ2n) is 7.10. The summed E-state index contributed by atoms with van der Waals surface area (Å²) in [6.45, 7) is 1.10. The van der Waals surface area contributed by atoms with Crippen molar-refractivity contribution in [2.24, 2.45) is 4.99 Å². The molecule has 2 heterocycles. The number of aliphatic imine (C=N–C) groups is 1. The summed E-state index contributed by atoms with van der Waals surface area (Å²) < 4.78 is 26.8. The van der Waals surface area contributed by atoms with Crippen molar-refractivity contribution in [2.45, 2.75) is 36.5 Å². The molecular weight excluding hydrogens is 470 g/mol. The van der Waals surface area contributed by atoms with Crippen molar-refractivity contribution in [3.8, 4) is 0 Å². The van der Waals surface area contributed by atoms with Crippen molar-refractivity contribution in [1.29, 1.82) is 0 Å². The first-order valence-electron chi connectivity index (χ1n) is 10.2. The van der Waals surface area contributed by atoms with E-state index in [-0.39, 0.29) is 17.6 Å². The van der Waals surface area contributed by atoms with Crippen LogP contribution in [0.2, 0.25) is 0 Å². The van der Waals surface area contributed by atoms with Gasteiger partial charge in [-0.15, -0.1) is 21.5 Å². The van der Waals surface area contributed by atoms with Crippen LogP contribution in [0.4, 0.5) is 0 Å². The third-order valence-corrected chi connectivity index (χ3v) is 7.01. The number of hydrogen-bond donors (Lipinski definition) is 5. The van der Waals surface area contributed by atoms with Crippen LogP contribution in [0.15, 0.2) is 40.2 Å². The van der Waals surface area contributed by atoms with Crippen molar-refractivity contribution in [3.05, 3.63) is 40.3 Å². The molecule has 0 fully saturated rings. The van der Waals surface area contributed by atoms with E-state index in [9.17, 15) is 23.1 Å². The molecule has 5 N–H and O–H groups in total. The number of aliphatic carboxylic acids is 1. The van der Waals surface area contributed by atoms with E-state index in [1.54, 1.807) is 6.07 Å². The first-order valence-corrected chi connectivity index (χ1v) is 12.5. The lowest BCUT2D eigenvalue weighted by atomic mass is 10.3. The van der Waals surface area contributed by atoms with Crippen LogP contribution in [0, 0.1) is 0 Å². The van der Waals surface area contributed by atoms with Crippen molar-refractivity contribution in [1.82, 2.24) is 30.9 Å². The number of carboxylic acids is 1. The minimum atomic E-state index is -4.04. The first kappa shape index (κ1) is 24.9. The van der Waals surface area contributed by atoms with Crippen LogP contribution in [0.3, 0.4) is 0 Å². The van der Waals surface area contributed by atoms with E-state index in [0.29, 0.717) is 11.4 Å². The van der Waals surface area contributed by atoms with Crippen LogP contribution in [-0.4, -0.2) is 73.8 Å². The number of sulfonamides is 1. The number of aryl methyl sites for hydroxylation is 1. The number of amides is 1. The zero-order chi connectivity index (χ0) is 23.7. The van der Waals surface area contributed by atoms with E-state index in [4.69, 9.17) is 0 Å². The summed E-state index contributed by atoms with van der Waals surface area (Å²) in [4.78, 5) is 27.8. The summed E-state index contributed by atoms with van der Waals surface area (Å²) in [5.74, 6) is -1.88. The Morgan fingerprint density at radius 1 is 1.21 bits per heavy atom. The first-order chi connectivity index (χ1) is 15.8. The van der Waals surface area contributed by atoms with Gasteiger partial charge in [0.15, 0.2) is 6.29 Å². The van der Waals surface area contributed by atoms with Crippen LogP contribution in [0.25, 0.3) is 0 Å². The molecule has 1 unspecified atom stereocenters. The topological polar surface area (TPSA) is 175 Å². The molecule has 0 saturated carbocycles. The molecule has 178 valence electrons. The van der Waals surface area contributed by atoms with E-state index < -0.39 is 34.5 Å². The van der Waals surface area contributed by atoms with Gasteiger partial charge in [0.05, 0.1) is 11.3 Å². The van der Waals surface area contributed by atoms with Crippen LogP contribution in [0.5, 0.6) is 0 Å². The number of aromatic nitrogens is 2. The van der Waals surface area contributed by atoms with Gasteiger partial charge in [0.1, 0.15) is 16.1 Å². The maximum absolute atomic E-state index is 12.3. The number of nitrogens with zero attached hydrogens (tertiary/aromatic N) is 3. The second kappa shape index (κ2) is 11.9. The van der Waals surface area contributed by atoms with Gasteiger partial charge in [-0.05, 0) is 25.1 Å². The summed E-state index contributed by atoms with van der Waals surface area (Å²) in [6, 6.07) is 5.88. The maximum atomic E-state index is 12.3. The van der Waals surface area contributed by atoms with E-state index >= 15 is 0 Å². The zero-order valence-electron chi connectivity index (χ0n) is 17.6. The Hall–Kier alpha value is -2.78. The molecule has 14 heteroatoms. The molecule has 0 spiro atoms. The standard InChI is InChI=1S/C19H25N7O5S2/c27-15(11-17-25-24-16(32-17)7-4-8-20-19-21-9-10-22-19)23-12-14(18(28)29)26-33(30,31)13-5-2-1-3-6-13/h1-3,5-6,9,14,19-20,22,26H,4,7-8,10-12H2,(H,23,27)(H,28,29)/t14-,19?/m0/s1. The monoisotopic (exact) mass is 495 g/mol. The highest BCUT2D eigenvalue weighted by molar-refractivity contribution is 7.89. The Morgan fingerprint density at radius 2 is 1.97 bits per heavy atom. The fraction of sp³-hybridized carbons (Fsp3) is 0.421. The van der Waals surface area contributed by atoms with Crippen molar-refractivity contribution in [2.75, 3.05) is 19.6 Å². The van der Waals surface area contributed by atoms with Crippen molar-refractivity contribution in [3.63, 3.8) is 0 Å². The summed E-state index contributed by atoms with van der Waals surface area (Å²) in [5, 5.41) is 27.5. The second-order valence-corrected chi connectivity index (χ2v) is 9.96. The maximum Gasteiger partial charge on any atom is 0.323 e. The molecule has 33 heavy (non-hydrogen) atoms. The number of hydrogen-bond acceptors (Lipinski definition) is 10. The molecule has 1 aliphatic heterocycles. The largest absolute Gasteiger partial charge is 0.480 e. The minimum absolute atomic E-state index is 0.0505. The third-order valence-electron chi connectivity index (χ3n) is 4.53. The van der Waals surface area contributed by atoms with Gasteiger partial charge in [-0.2, -0.15) is 4.72 Å². The molecule has 0 radical (unpaired) electrons. The summed E-state index contributed by atoms with van der Waals surface area (Å²) in [5.41, 5.74) is 0. The van der Waals surface area contributed by atoms with E-state index in [2.05, 4.69) is 35.9 Å². The summed E-state index contributed by atoms with van der Waals surface area (Å²) in [6.07, 6.45) is 3.22. The quantitative estimate of drug-likeness (QED) is 0.221. The Balaban J connectivity index is 1.42. The Labute approximate surface area is 195 Å². The molecule has 3 rings (SSSR count). The van der Waals surface area contributed by atoms with Crippen LogP contribution < -0.4 is 20.7 Å². The molecule has 0 bridgehead atoms. The number of carboxylic acid groups (broad SMARTS) is 1. The van der Waals surface area contributed by atoms with E-state index in [1.165, 1.54) is 35.6 Å². The molecule has 12 nitrogen and oxygen atoms in total. The predicted molar refractivity (Wildman–Crippen MR) is 121 cm³/mol. The number of rotatable bonds is 13. The van der Waals surface area contributed by atoms with Gasteiger partial charge >= 0.3 is 5.97 Å². The van der Waals surface area contributed by atoms with Crippen molar-refractivity contribution < 1.29 is 23.1 Å². The van der Waals surface area contributed by atoms with Crippen LogP contribution >= 0.6 is 11.3 Å². The van der Waals surface area contributed by atoms with E-state index in [0.717, 1.165) is 24.5 Å². The number of nitrogens with one attached hydrogen (secondary N) is 4. The highest BCUT2D eigenvalue weighted by Gasteiger charge is 2.26. The fourth-order valence-electron chi connectivity index (χ4n) is 2.89. The van der Waals surface area contributed by atoms with Gasteiger partial charge in [-0.25, -0.2) is 8.42 Å². The molecule has 1 aromatic heterocycles. The normalized spacial score (nSPS) is 16.5. The SMILES string of the molecule is O=C(Cc1nnc(CCCNC2N=CCN2)s1)NC[C@H](NS(=O)(=O)c1ccccc1)C(=O)O. The van der Waals surface area contributed by atoms with Crippen molar-refractivity contribution >= 4 is 39.5 Å². The highest BCUT2D eigenvalue weighted by atomic mass is 32.2. The Morgan fingerprint density at radius 3 is 2.67 bits per heavy atom. The average molecular weight is 496 g/mol. The number of benzene rings is 1. The third kappa shape index (κ3) is 7.94. The molecule has 0 saturated heterocycles. The molecular formula is C19H25N7O5S2. The van der Waals surface area contributed by atoms with Gasteiger partial charge in [0.2, 0.25) is 15.9 Å². The molecule has 0 aliphatic carbocycles. The molecule has 2 aromatic rings. The Bertz CT molecular complexity index is 1080. The Kier molecular flexibility index (Phi) is 8.96. The molecule has 1 aliphatic rings. The number of carbonyl (C=O) groups is 2. The fourth-order valence-corrected chi connectivity index (χ4v) is 4.98. The average Bonchev–Trinajstić information content (AvgIpc) is 3.47. The van der Waals surface area contributed by atoms with Crippen LogP contribution in [-0.2, 0) is 32.5 Å². The zero-order valence-corrected chi connectivity index (χ0v) is 19.2. The highest BCUT2D eigenvalue weighted by Crippen LogP contribution is 2.12. The van der Waals surface area contributed by atoms with Crippen LogP contribution in [0.1, 0.15) is 16.4 Å². The lowest BCUT2D eigenvalue weighted by Gasteiger charge is -2.15. The smallest absolute Gasteiger partial charge is 0.323 e. The van der Waals surface area contributed by atoms with Gasteiger partial charge in [0.25, 0.3) is 0 Å². The predicted octanol–water partition coefficient (Wildman–Crippen LogP) is -0.892. The van der Waals surface area contributed by atoms with Gasteiger partial charge in [-0.1, -0.05) is 18.2 Å². The molecule has 2 atom stereocenters. The molecule has 1 aromatic carbocycles. The number of carbonyl (C=O) groups excluding carboxylic acids is 1. The van der Waals surface area contributed by atoms with Gasteiger partial charge in [0, 0.05) is 25.7 Å². The summed E-state index contributed by atoms with van der Waals surface area (Å²) >= 11 is 1.31. The summed E-state index contributed by atoms with van der Waals surface area (Å²) in [7, 11) is -4.04.